The van der Waals surface area contributed by atoms with Crippen molar-refractivity contribution in [2.75, 3.05) is 20.6 Å². The van der Waals surface area contributed by atoms with Crippen molar-refractivity contribution >= 4 is 15.3 Å². The van der Waals surface area contributed by atoms with Gasteiger partial charge >= 0.3 is 0 Å². The van der Waals surface area contributed by atoms with Crippen LogP contribution in [0.4, 0.5) is 0 Å². The minimum atomic E-state index is 0.386. The highest BCUT2D eigenvalue weighted by Crippen LogP contribution is 2.23. The maximum atomic E-state index is 5.95. The van der Waals surface area contributed by atoms with Crippen LogP contribution in [0.5, 0.6) is 0 Å². The zero-order valence-electron chi connectivity index (χ0n) is 21.7. The SMILES string of the molecule is CC.CN=NN(C)CCCCC1=CC=C(OCc2coc(/C=C/C3=CC=C(P)CCC3)n2)C=CC1. The number of allylic oxidation sites excluding steroid dienone is 10. The normalized spacial score (nSPS) is 16.0. The van der Waals surface area contributed by atoms with Crippen LogP contribution in [0.2, 0.25) is 0 Å². The fourth-order valence-electron chi connectivity index (χ4n) is 3.64. The Kier molecular flexibility index (Phi) is 13.7. The minimum absolute atomic E-state index is 0.386. The Labute approximate surface area is 213 Å². The van der Waals surface area contributed by atoms with Crippen molar-refractivity contribution in [2.24, 2.45) is 10.3 Å². The van der Waals surface area contributed by atoms with Crippen LogP contribution in [0, 0.1) is 0 Å². The molecule has 0 spiro atoms. The molecule has 1 aromatic heterocycles. The Morgan fingerprint density at radius 1 is 1.14 bits per heavy atom. The number of rotatable bonds is 11. The molecule has 0 saturated carbocycles. The van der Waals surface area contributed by atoms with E-state index in [-0.39, 0.29) is 0 Å². The molecule has 35 heavy (non-hydrogen) atoms. The molecule has 7 heteroatoms. The summed E-state index contributed by atoms with van der Waals surface area (Å²) in [4.78, 5) is 4.52. The number of oxazole rings is 1. The third-order valence-electron chi connectivity index (χ3n) is 5.46. The summed E-state index contributed by atoms with van der Waals surface area (Å²) in [6.07, 6.45) is 26.1. The number of hydrogen-bond acceptors (Lipinski definition) is 5. The third kappa shape index (κ3) is 11.5. The van der Waals surface area contributed by atoms with Crippen LogP contribution < -0.4 is 0 Å². The molecule has 0 bridgehead atoms. The zero-order chi connectivity index (χ0) is 25.3. The molecule has 190 valence electrons. The molecule has 0 radical (unpaired) electrons. The van der Waals surface area contributed by atoms with Gasteiger partial charge in [0.05, 0.1) is 7.05 Å². The van der Waals surface area contributed by atoms with Crippen molar-refractivity contribution in [1.82, 2.24) is 9.99 Å². The summed E-state index contributed by atoms with van der Waals surface area (Å²) in [6.45, 7) is 5.31. The molecular formula is C28H41N4O2P. The highest BCUT2D eigenvalue weighted by Gasteiger charge is 2.06. The number of unbranched alkanes of at least 4 members (excludes halogenated alkanes) is 1. The van der Waals surface area contributed by atoms with Crippen LogP contribution in [0.1, 0.15) is 70.4 Å². The lowest BCUT2D eigenvalue weighted by Gasteiger charge is -2.10. The maximum absolute atomic E-state index is 5.95. The molecule has 0 N–H and O–H groups in total. The first-order valence-electron chi connectivity index (χ1n) is 12.6. The topological polar surface area (TPSA) is 63.2 Å². The summed E-state index contributed by atoms with van der Waals surface area (Å²) in [7, 11) is 6.45. The summed E-state index contributed by atoms with van der Waals surface area (Å²) in [5.74, 6) is 1.45. The Morgan fingerprint density at radius 3 is 2.83 bits per heavy atom. The summed E-state index contributed by atoms with van der Waals surface area (Å²) < 4.78 is 11.5. The fourth-order valence-corrected chi connectivity index (χ4v) is 3.94. The van der Waals surface area contributed by atoms with Gasteiger partial charge in [-0.2, -0.15) is 5.11 Å². The Morgan fingerprint density at radius 2 is 2.00 bits per heavy atom. The van der Waals surface area contributed by atoms with Crippen LogP contribution in [0.25, 0.3) is 6.08 Å². The van der Waals surface area contributed by atoms with E-state index >= 15 is 0 Å². The largest absolute Gasteiger partial charge is 0.487 e. The molecule has 1 atom stereocenters. The van der Waals surface area contributed by atoms with Crippen molar-refractivity contribution in [1.29, 1.82) is 0 Å². The summed E-state index contributed by atoms with van der Waals surface area (Å²) in [6, 6.07) is 0. The van der Waals surface area contributed by atoms with E-state index in [2.05, 4.69) is 54.9 Å². The van der Waals surface area contributed by atoms with Crippen molar-refractivity contribution in [3.8, 4) is 0 Å². The maximum Gasteiger partial charge on any atom is 0.218 e. The first kappa shape index (κ1) is 28.5. The number of aromatic nitrogens is 1. The predicted molar refractivity (Wildman–Crippen MR) is 149 cm³/mol. The number of nitrogens with zero attached hydrogens (tertiary/aromatic N) is 4. The molecule has 0 amide bonds. The van der Waals surface area contributed by atoms with Gasteiger partial charge in [-0.1, -0.05) is 60.3 Å². The predicted octanol–water partition coefficient (Wildman–Crippen LogP) is 7.97. The van der Waals surface area contributed by atoms with Crippen LogP contribution >= 0.6 is 9.24 Å². The van der Waals surface area contributed by atoms with E-state index in [1.54, 1.807) is 13.3 Å². The van der Waals surface area contributed by atoms with Gasteiger partial charge in [-0.15, -0.1) is 9.24 Å². The summed E-state index contributed by atoms with van der Waals surface area (Å²) >= 11 is 0. The molecule has 2 aliphatic carbocycles. The lowest BCUT2D eigenvalue weighted by Crippen LogP contribution is -2.11. The van der Waals surface area contributed by atoms with E-state index in [0.717, 1.165) is 62.9 Å². The molecule has 6 nitrogen and oxygen atoms in total. The molecule has 0 fully saturated rings. The fraction of sp³-hybridized carbons (Fsp3) is 0.464. The Bertz CT molecular complexity index is 983. The molecular weight excluding hydrogens is 455 g/mol. The number of ether oxygens (including phenoxy) is 1. The molecule has 1 unspecified atom stereocenters. The molecule has 0 saturated heterocycles. The van der Waals surface area contributed by atoms with Gasteiger partial charge in [0.25, 0.3) is 0 Å². The summed E-state index contributed by atoms with van der Waals surface area (Å²) in [5, 5.41) is 11.0. The van der Waals surface area contributed by atoms with Gasteiger partial charge in [0, 0.05) is 19.7 Å². The quantitative estimate of drug-likeness (QED) is 0.135. The van der Waals surface area contributed by atoms with Crippen LogP contribution in [0.3, 0.4) is 0 Å². The van der Waals surface area contributed by atoms with E-state index in [9.17, 15) is 0 Å². The smallest absolute Gasteiger partial charge is 0.218 e. The van der Waals surface area contributed by atoms with Crippen molar-refractivity contribution in [3.63, 3.8) is 0 Å². The van der Waals surface area contributed by atoms with Gasteiger partial charge in [0.1, 0.15) is 24.3 Å². The zero-order valence-corrected chi connectivity index (χ0v) is 22.9. The van der Waals surface area contributed by atoms with Gasteiger partial charge in [-0.3, -0.25) is 5.01 Å². The average Bonchev–Trinajstić information content (AvgIpc) is 3.05. The van der Waals surface area contributed by atoms with E-state index < -0.39 is 0 Å². The van der Waals surface area contributed by atoms with Gasteiger partial charge in [-0.25, -0.2) is 4.98 Å². The lowest BCUT2D eigenvalue weighted by atomic mass is 10.1. The van der Waals surface area contributed by atoms with E-state index in [4.69, 9.17) is 9.15 Å². The molecule has 0 aliphatic heterocycles. The van der Waals surface area contributed by atoms with Crippen molar-refractivity contribution in [3.05, 3.63) is 82.6 Å². The Hall–Kier alpha value is -2.72. The monoisotopic (exact) mass is 496 g/mol. The van der Waals surface area contributed by atoms with E-state index in [0.29, 0.717) is 12.5 Å². The highest BCUT2D eigenvalue weighted by atomic mass is 31.0. The highest BCUT2D eigenvalue weighted by molar-refractivity contribution is 7.22. The van der Waals surface area contributed by atoms with Gasteiger partial charge in [0.2, 0.25) is 5.89 Å². The van der Waals surface area contributed by atoms with Crippen molar-refractivity contribution < 1.29 is 9.15 Å². The van der Waals surface area contributed by atoms with Gasteiger partial charge in [0.15, 0.2) is 0 Å². The Balaban J connectivity index is 0.00000210. The first-order valence-corrected chi connectivity index (χ1v) is 13.2. The first-order chi connectivity index (χ1) is 17.1. The van der Waals surface area contributed by atoms with E-state index in [1.165, 1.54) is 16.5 Å². The second-order valence-electron chi connectivity index (χ2n) is 8.26. The van der Waals surface area contributed by atoms with Crippen molar-refractivity contribution in [2.45, 2.75) is 65.4 Å². The average molecular weight is 497 g/mol. The lowest BCUT2D eigenvalue weighted by molar-refractivity contribution is 0.207. The molecule has 1 aromatic rings. The molecule has 1 heterocycles. The van der Waals surface area contributed by atoms with Gasteiger partial charge in [-0.05, 0) is 62.7 Å². The van der Waals surface area contributed by atoms with Crippen LogP contribution in [0.15, 0.2) is 85.8 Å². The van der Waals surface area contributed by atoms with Crippen LogP contribution in [-0.2, 0) is 11.3 Å². The summed E-state index contributed by atoms with van der Waals surface area (Å²) in [5.41, 5.74) is 3.49. The van der Waals surface area contributed by atoms with Crippen LogP contribution in [-0.4, -0.2) is 30.6 Å². The van der Waals surface area contributed by atoms with E-state index in [1.807, 2.05) is 44.1 Å². The standard InChI is InChI=1S/C26H35N4O2P.C2H6/c1-27-29-30(2)18-4-3-7-21-8-5-10-24(15-12-21)31-19-23-20-32-26(28-23)17-14-22-9-6-11-25(33)16-13-22;1-2/h5,10,12-17,20H,3-4,6-9,11,18-19,33H2,1-2H3;1-2H3/b17-14+,29-27?;. The molecule has 0 aromatic carbocycles. The second kappa shape index (κ2) is 16.8. The second-order valence-corrected chi connectivity index (χ2v) is 9.01. The third-order valence-corrected chi connectivity index (χ3v) is 5.94. The van der Waals surface area contributed by atoms with Gasteiger partial charge < -0.3 is 9.15 Å². The molecule has 2 aliphatic rings. The minimum Gasteiger partial charge on any atom is -0.487 e. The molecule has 3 rings (SSSR count). The number of hydrogen-bond donors (Lipinski definition) is 0.